The van der Waals surface area contributed by atoms with Gasteiger partial charge in [-0.25, -0.2) is 18.0 Å². The molecule has 1 heterocycles. The van der Waals surface area contributed by atoms with E-state index >= 15 is 0 Å². The zero-order chi connectivity index (χ0) is 23.3. The van der Waals surface area contributed by atoms with Crippen molar-refractivity contribution in [1.82, 2.24) is 4.90 Å². The van der Waals surface area contributed by atoms with Crippen LogP contribution in [-0.4, -0.2) is 28.5 Å². The second-order valence-electron chi connectivity index (χ2n) is 7.63. The summed E-state index contributed by atoms with van der Waals surface area (Å²) in [7, 11) is 0. The Morgan fingerprint density at radius 1 is 1.16 bits per heavy atom. The number of hydrogen-bond acceptors (Lipinski definition) is 4. The van der Waals surface area contributed by atoms with Crippen molar-refractivity contribution in [2.75, 3.05) is 12.3 Å². The van der Waals surface area contributed by atoms with Crippen molar-refractivity contribution in [1.29, 1.82) is 0 Å². The van der Waals surface area contributed by atoms with Crippen LogP contribution in [0.1, 0.15) is 28.7 Å². The number of carbonyl (C=O) groups is 1. The first-order valence-electron chi connectivity index (χ1n) is 10.0. The summed E-state index contributed by atoms with van der Waals surface area (Å²) in [6.45, 7) is 4.97. The van der Waals surface area contributed by atoms with Crippen LogP contribution in [0.25, 0.3) is 0 Å². The molecule has 0 saturated heterocycles. The van der Waals surface area contributed by atoms with Crippen molar-refractivity contribution in [3.05, 3.63) is 93.5 Å². The fraction of sp³-hybridized carbons (Fsp3) is 0.292. The molecule has 0 fully saturated rings. The lowest BCUT2D eigenvalue weighted by Crippen LogP contribution is -2.26. The van der Waals surface area contributed by atoms with Gasteiger partial charge in [-0.2, -0.15) is 0 Å². The highest BCUT2D eigenvalue weighted by atomic mass is 32.2. The summed E-state index contributed by atoms with van der Waals surface area (Å²) < 4.78 is 47.1. The summed E-state index contributed by atoms with van der Waals surface area (Å²) in [4.78, 5) is 13.1. The number of aryl methyl sites for hydroxylation is 2. The first-order chi connectivity index (χ1) is 15.1. The van der Waals surface area contributed by atoms with E-state index in [4.69, 9.17) is 9.84 Å². The number of rotatable bonds is 8. The SMILES string of the molecule is Cc1cc(C)cc(CN2CC=CC(OC(=O)O)=C2SCCC(F)(F)c2ccc(F)cc2)c1. The predicted molar refractivity (Wildman–Crippen MR) is 119 cm³/mol. The summed E-state index contributed by atoms with van der Waals surface area (Å²) in [6.07, 6.45) is 1.37. The van der Waals surface area contributed by atoms with Gasteiger partial charge in [-0.15, -0.1) is 11.8 Å². The van der Waals surface area contributed by atoms with E-state index in [2.05, 4.69) is 6.07 Å². The first-order valence-corrected chi connectivity index (χ1v) is 11.0. The van der Waals surface area contributed by atoms with Gasteiger partial charge >= 0.3 is 6.16 Å². The van der Waals surface area contributed by atoms with Crippen LogP contribution in [0.5, 0.6) is 0 Å². The summed E-state index contributed by atoms with van der Waals surface area (Å²) in [5, 5.41) is 9.58. The molecular formula is C24H24F3NO3S. The fourth-order valence-electron chi connectivity index (χ4n) is 3.56. The van der Waals surface area contributed by atoms with Gasteiger partial charge in [0.1, 0.15) is 10.8 Å². The average molecular weight is 464 g/mol. The molecule has 0 spiro atoms. The fourth-order valence-corrected chi connectivity index (χ4v) is 4.69. The number of halogens is 3. The topological polar surface area (TPSA) is 49.8 Å². The average Bonchev–Trinajstić information content (AvgIpc) is 2.69. The van der Waals surface area contributed by atoms with Crippen molar-refractivity contribution >= 4 is 17.9 Å². The molecule has 0 aliphatic carbocycles. The van der Waals surface area contributed by atoms with Crippen molar-refractivity contribution in [3.63, 3.8) is 0 Å². The van der Waals surface area contributed by atoms with Gasteiger partial charge in [0.25, 0.3) is 5.92 Å². The maximum atomic E-state index is 14.6. The van der Waals surface area contributed by atoms with E-state index in [0.717, 1.165) is 52.7 Å². The quantitative estimate of drug-likeness (QED) is 0.448. The highest BCUT2D eigenvalue weighted by Crippen LogP contribution is 2.37. The maximum Gasteiger partial charge on any atom is 0.511 e. The summed E-state index contributed by atoms with van der Waals surface area (Å²) >= 11 is 1.12. The molecule has 0 saturated carbocycles. The van der Waals surface area contributed by atoms with Crippen molar-refractivity contribution < 1.29 is 27.8 Å². The van der Waals surface area contributed by atoms with Crippen LogP contribution in [-0.2, 0) is 17.2 Å². The summed E-state index contributed by atoms with van der Waals surface area (Å²) in [5.41, 5.74) is 2.98. The maximum absolute atomic E-state index is 14.6. The molecular weight excluding hydrogens is 439 g/mol. The van der Waals surface area contributed by atoms with Crippen LogP contribution in [0.3, 0.4) is 0 Å². The lowest BCUT2D eigenvalue weighted by atomic mass is 10.1. The number of alkyl halides is 2. The number of nitrogens with zero attached hydrogens (tertiary/aromatic N) is 1. The van der Waals surface area contributed by atoms with Gasteiger partial charge in [-0.05, 0) is 37.6 Å². The normalized spacial score (nSPS) is 14.1. The van der Waals surface area contributed by atoms with Crippen LogP contribution in [0.15, 0.2) is 65.4 Å². The number of hydrogen-bond donors (Lipinski definition) is 1. The lowest BCUT2D eigenvalue weighted by Gasteiger charge is -2.30. The van der Waals surface area contributed by atoms with E-state index in [0.29, 0.717) is 18.1 Å². The van der Waals surface area contributed by atoms with E-state index in [1.54, 1.807) is 12.2 Å². The Morgan fingerprint density at radius 2 is 1.81 bits per heavy atom. The van der Waals surface area contributed by atoms with Gasteiger partial charge < -0.3 is 14.7 Å². The molecule has 0 amide bonds. The molecule has 0 unspecified atom stereocenters. The first kappa shape index (κ1) is 23.8. The summed E-state index contributed by atoms with van der Waals surface area (Å²) in [5.74, 6) is -3.58. The predicted octanol–water partition coefficient (Wildman–Crippen LogP) is 6.59. The van der Waals surface area contributed by atoms with Crippen LogP contribution in [0.2, 0.25) is 0 Å². The minimum Gasteiger partial charge on any atom is -0.449 e. The highest BCUT2D eigenvalue weighted by Gasteiger charge is 2.32. The molecule has 32 heavy (non-hydrogen) atoms. The van der Waals surface area contributed by atoms with Gasteiger partial charge in [0.2, 0.25) is 0 Å². The Kier molecular flexibility index (Phi) is 7.56. The third-order valence-corrected chi connectivity index (χ3v) is 6.01. The van der Waals surface area contributed by atoms with Gasteiger partial charge in [-0.3, -0.25) is 0 Å². The number of allylic oxidation sites excluding steroid dienone is 1. The molecule has 4 nitrogen and oxygen atoms in total. The second kappa shape index (κ2) is 10.2. The minimum atomic E-state index is -3.14. The Labute approximate surface area is 189 Å². The zero-order valence-corrected chi connectivity index (χ0v) is 18.6. The molecule has 0 radical (unpaired) electrons. The van der Waals surface area contributed by atoms with Crippen LogP contribution in [0, 0.1) is 19.7 Å². The van der Waals surface area contributed by atoms with Crippen LogP contribution >= 0.6 is 11.8 Å². The van der Waals surface area contributed by atoms with E-state index in [-0.39, 0.29) is 17.1 Å². The second-order valence-corrected chi connectivity index (χ2v) is 8.71. The molecule has 1 aliphatic rings. The molecule has 3 rings (SSSR count). The van der Waals surface area contributed by atoms with Crippen molar-refractivity contribution in [2.45, 2.75) is 32.7 Å². The Hall–Kier alpha value is -2.87. The Balaban J connectivity index is 1.77. The van der Waals surface area contributed by atoms with E-state index in [1.807, 2.05) is 30.9 Å². The van der Waals surface area contributed by atoms with Gasteiger partial charge in [-0.1, -0.05) is 47.5 Å². The standard InChI is InChI=1S/C24H24F3NO3S/c1-16-12-17(2)14-18(13-16)15-28-10-3-4-21(31-23(29)30)22(28)32-11-9-24(26,27)19-5-7-20(25)8-6-19/h3-8,12-14H,9-11,15H2,1-2H3,(H,29,30). The van der Waals surface area contributed by atoms with E-state index < -0.39 is 24.3 Å². The van der Waals surface area contributed by atoms with E-state index in [1.165, 1.54) is 0 Å². The van der Waals surface area contributed by atoms with Crippen molar-refractivity contribution in [2.24, 2.45) is 0 Å². The molecule has 2 aromatic carbocycles. The minimum absolute atomic E-state index is 0.0172. The number of benzene rings is 2. The van der Waals surface area contributed by atoms with Crippen LogP contribution in [0.4, 0.5) is 18.0 Å². The molecule has 2 aromatic rings. The zero-order valence-electron chi connectivity index (χ0n) is 17.8. The third kappa shape index (κ3) is 6.32. The molecule has 170 valence electrons. The molecule has 0 aromatic heterocycles. The molecule has 1 N–H and O–H groups in total. The van der Waals surface area contributed by atoms with Gasteiger partial charge in [0.15, 0.2) is 5.76 Å². The highest BCUT2D eigenvalue weighted by molar-refractivity contribution is 8.03. The van der Waals surface area contributed by atoms with Crippen molar-refractivity contribution in [3.8, 4) is 0 Å². The van der Waals surface area contributed by atoms with E-state index in [9.17, 15) is 18.0 Å². The number of carboxylic acid groups (broad SMARTS) is 1. The summed E-state index contributed by atoms with van der Waals surface area (Å²) in [6, 6.07) is 10.3. The molecule has 0 bridgehead atoms. The lowest BCUT2D eigenvalue weighted by molar-refractivity contribution is -0.00708. The molecule has 0 atom stereocenters. The largest absolute Gasteiger partial charge is 0.511 e. The molecule has 8 heteroatoms. The number of thioether (sulfide) groups is 1. The third-order valence-electron chi connectivity index (χ3n) is 4.87. The Bertz CT molecular complexity index is 1020. The molecule has 1 aliphatic heterocycles. The Morgan fingerprint density at radius 3 is 2.44 bits per heavy atom. The monoisotopic (exact) mass is 463 g/mol. The van der Waals surface area contributed by atoms with Gasteiger partial charge in [0.05, 0.1) is 0 Å². The number of ether oxygens (including phenoxy) is 1. The van der Waals surface area contributed by atoms with Crippen LogP contribution < -0.4 is 0 Å². The smallest absolute Gasteiger partial charge is 0.449 e. The van der Waals surface area contributed by atoms with Gasteiger partial charge in [0, 0.05) is 30.8 Å².